The highest BCUT2D eigenvalue weighted by Crippen LogP contribution is 2.25. The lowest BCUT2D eigenvalue weighted by atomic mass is 10.1. The minimum atomic E-state index is 0.397. The van der Waals surface area contributed by atoms with Crippen molar-refractivity contribution in [2.24, 2.45) is 10.7 Å². The molecule has 0 radical (unpaired) electrons. The number of piperazine rings is 3. The first-order valence-corrected chi connectivity index (χ1v) is 7.00. The van der Waals surface area contributed by atoms with Crippen molar-refractivity contribution in [3.8, 4) is 0 Å². The lowest BCUT2D eigenvalue weighted by Crippen LogP contribution is -2.73. The van der Waals surface area contributed by atoms with Gasteiger partial charge in [-0.2, -0.15) is 0 Å². The fourth-order valence-electron chi connectivity index (χ4n) is 3.31. The second kappa shape index (κ2) is 4.94. The summed E-state index contributed by atoms with van der Waals surface area (Å²) in [4.78, 5) is 4.22. The van der Waals surface area contributed by atoms with Gasteiger partial charge in [-0.1, -0.05) is 0 Å². The molecule has 2 bridgehead atoms. The first-order chi connectivity index (χ1) is 8.08. The molecule has 98 valence electrons. The van der Waals surface area contributed by atoms with Crippen LogP contribution in [-0.4, -0.2) is 74.2 Å². The molecule has 3 aliphatic heterocycles. The summed E-state index contributed by atoms with van der Waals surface area (Å²) in [5.74, 6) is 0. The van der Waals surface area contributed by atoms with Crippen molar-refractivity contribution in [2.45, 2.75) is 25.8 Å². The summed E-state index contributed by atoms with van der Waals surface area (Å²) in [7, 11) is 2.42. The van der Waals surface area contributed by atoms with E-state index >= 15 is 0 Å². The zero-order valence-electron chi connectivity index (χ0n) is 11.4. The van der Waals surface area contributed by atoms with E-state index in [1.165, 1.54) is 74.0 Å². The molecule has 3 rings (SSSR count). The van der Waals surface area contributed by atoms with Crippen LogP contribution in [0.15, 0.2) is 4.99 Å². The average Bonchev–Trinajstić information content (AvgIpc) is 2.32. The second-order valence-electron chi connectivity index (χ2n) is 6.32. The number of nitrogens with zero attached hydrogens (tertiary/aromatic N) is 3. The second-order valence-corrected chi connectivity index (χ2v) is 6.32. The fraction of sp³-hybridized carbons (Fsp3) is 0.923. The van der Waals surface area contributed by atoms with Crippen molar-refractivity contribution in [3.63, 3.8) is 0 Å². The van der Waals surface area contributed by atoms with Gasteiger partial charge >= 0.3 is 0 Å². The summed E-state index contributed by atoms with van der Waals surface area (Å²) in [6.45, 7) is 11.8. The molecule has 0 saturated carbocycles. The van der Waals surface area contributed by atoms with Crippen LogP contribution in [0.4, 0.5) is 0 Å². The van der Waals surface area contributed by atoms with Crippen molar-refractivity contribution in [1.82, 2.24) is 0 Å². The topological polar surface area (TPSA) is 38.4 Å². The van der Waals surface area contributed by atoms with Gasteiger partial charge in [-0.15, -0.1) is 0 Å². The average molecular weight is 240 g/mol. The number of likely N-dealkylation sites (N-methyl/N-ethyl adjacent to an activating group) is 1. The largest absolute Gasteiger partial charge is 0.390 e. The van der Waals surface area contributed by atoms with E-state index in [9.17, 15) is 0 Å². The van der Waals surface area contributed by atoms with Gasteiger partial charge in [-0.05, 0) is 19.8 Å². The molecule has 3 heterocycles. The molecular formula is C13H28N4+2. The SMILES string of the molecule is C[C@H](CCC[N+]12CC[N+](C)(CC1)CC2)N=CN. The Morgan fingerprint density at radius 2 is 1.76 bits per heavy atom. The summed E-state index contributed by atoms with van der Waals surface area (Å²) in [6, 6.07) is 0.397. The van der Waals surface area contributed by atoms with Crippen molar-refractivity contribution in [3.05, 3.63) is 0 Å². The van der Waals surface area contributed by atoms with Crippen molar-refractivity contribution in [2.75, 3.05) is 52.9 Å². The van der Waals surface area contributed by atoms with Gasteiger partial charge in [0.15, 0.2) is 0 Å². The monoisotopic (exact) mass is 240 g/mol. The van der Waals surface area contributed by atoms with Crippen molar-refractivity contribution < 1.29 is 8.97 Å². The molecule has 4 heteroatoms. The van der Waals surface area contributed by atoms with Gasteiger partial charge in [0.05, 0.1) is 19.9 Å². The predicted octanol–water partition coefficient (Wildman–Crippen LogP) is 0.433. The molecule has 0 spiro atoms. The highest BCUT2D eigenvalue weighted by molar-refractivity contribution is 5.51. The summed E-state index contributed by atoms with van der Waals surface area (Å²) < 4.78 is 2.71. The van der Waals surface area contributed by atoms with Gasteiger partial charge in [-0.25, -0.2) is 0 Å². The van der Waals surface area contributed by atoms with E-state index in [4.69, 9.17) is 5.73 Å². The van der Waals surface area contributed by atoms with E-state index in [0.29, 0.717) is 6.04 Å². The molecule has 1 atom stereocenters. The molecule has 0 aromatic heterocycles. The zero-order chi connectivity index (χ0) is 12.4. The normalized spacial score (nSPS) is 38.7. The van der Waals surface area contributed by atoms with Crippen LogP contribution >= 0.6 is 0 Å². The maximum absolute atomic E-state index is 5.32. The van der Waals surface area contributed by atoms with Crippen molar-refractivity contribution in [1.29, 1.82) is 0 Å². The van der Waals surface area contributed by atoms with Crippen molar-refractivity contribution >= 4 is 6.34 Å². The van der Waals surface area contributed by atoms with Crippen LogP contribution in [0.3, 0.4) is 0 Å². The Hall–Kier alpha value is -0.610. The van der Waals surface area contributed by atoms with Gasteiger partial charge in [0.25, 0.3) is 0 Å². The molecular weight excluding hydrogens is 212 g/mol. The molecule has 2 N–H and O–H groups in total. The van der Waals surface area contributed by atoms with E-state index in [-0.39, 0.29) is 0 Å². The predicted molar refractivity (Wildman–Crippen MR) is 71.9 cm³/mol. The summed E-state index contributed by atoms with van der Waals surface area (Å²) in [5, 5.41) is 0. The van der Waals surface area contributed by atoms with Crippen LogP contribution < -0.4 is 5.73 Å². The highest BCUT2D eigenvalue weighted by Gasteiger charge is 2.46. The number of hydrogen-bond acceptors (Lipinski definition) is 1. The summed E-state index contributed by atoms with van der Waals surface area (Å²) in [6.07, 6.45) is 3.92. The molecule has 0 aliphatic carbocycles. The van der Waals surface area contributed by atoms with Gasteiger partial charge in [-0.3, -0.25) is 4.99 Å². The molecule has 0 aromatic rings. The first-order valence-electron chi connectivity index (χ1n) is 7.00. The zero-order valence-corrected chi connectivity index (χ0v) is 11.4. The van der Waals surface area contributed by atoms with Gasteiger partial charge < -0.3 is 14.7 Å². The smallest absolute Gasteiger partial charge is 0.129 e. The van der Waals surface area contributed by atoms with E-state index in [2.05, 4.69) is 19.0 Å². The quantitative estimate of drug-likeness (QED) is 0.422. The Balaban J connectivity index is 1.76. The third kappa shape index (κ3) is 2.99. The number of fused-ring (bicyclic) bond motifs is 3. The minimum absolute atomic E-state index is 0.397. The Labute approximate surface area is 105 Å². The number of aliphatic imine (C=N–C) groups is 1. The van der Waals surface area contributed by atoms with Gasteiger partial charge in [0.2, 0.25) is 0 Å². The van der Waals surface area contributed by atoms with Crippen LogP contribution in [0.25, 0.3) is 0 Å². The lowest BCUT2D eigenvalue weighted by molar-refractivity contribution is -1.07. The number of hydrogen-bond donors (Lipinski definition) is 1. The Kier molecular flexibility index (Phi) is 3.73. The molecule has 0 amide bonds. The van der Waals surface area contributed by atoms with E-state index in [1.807, 2.05) is 0 Å². The molecule has 3 saturated heterocycles. The molecule has 0 unspecified atom stereocenters. The van der Waals surface area contributed by atoms with E-state index < -0.39 is 0 Å². The first kappa shape index (κ1) is 12.8. The number of quaternary nitrogens is 2. The molecule has 3 aliphatic rings. The molecule has 4 nitrogen and oxygen atoms in total. The maximum Gasteiger partial charge on any atom is 0.129 e. The number of nitrogens with two attached hydrogens (primary N) is 1. The van der Waals surface area contributed by atoms with E-state index in [0.717, 1.165) is 0 Å². The fourth-order valence-corrected chi connectivity index (χ4v) is 3.31. The third-order valence-electron chi connectivity index (χ3n) is 4.94. The van der Waals surface area contributed by atoms with Gasteiger partial charge in [0.1, 0.15) is 39.3 Å². The Morgan fingerprint density at radius 1 is 1.18 bits per heavy atom. The highest BCUT2D eigenvalue weighted by atomic mass is 15.5. The van der Waals surface area contributed by atoms with Crippen LogP contribution in [0.1, 0.15) is 19.8 Å². The molecule has 17 heavy (non-hydrogen) atoms. The number of rotatable bonds is 5. The van der Waals surface area contributed by atoms with Crippen LogP contribution in [0, 0.1) is 0 Å². The minimum Gasteiger partial charge on any atom is -0.390 e. The lowest BCUT2D eigenvalue weighted by Gasteiger charge is -2.54. The van der Waals surface area contributed by atoms with E-state index in [1.54, 1.807) is 0 Å². The maximum atomic E-state index is 5.32. The Bertz CT molecular complexity index is 263. The van der Waals surface area contributed by atoms with Crippen LogP contribution in [0.2, 0.25) is 0 Å². The van der Waals surface area contributed by atoms with Gasteiger partial charge in [0, 0.05) is 6.04 Å². The third-order valence-corrected chi connectivity index (χ3v) is 4.94. The summed E-state index contributed by atoms with van der Waals surface area (Å²) in [5.41, 5.74) is 5.32. The molecule has 0 aromatic carbocycles. The Morgan fingerprint density at radius 3 is 2.29 bits per heavy atom. The summed E-state index contributed by atoms with van der Waals surface area (Å²) >= 11 is 0. The van der Waals surface area contributed by atoms with Crippen LogP contribution in [-0.2, 0) is 0 Å². The van der Waals surface area contributed by atoms with Crippen LogP contribution in [0.5, 0.6) is 0 Å². The molecule has 3 fully saturated rings. The standard InChI is InChI=1S/C13H28N4/c1-13(15-12-14)4-3-5-17-9-6-16(2,7-10-17)8-11-17/h12-13H,3-11H2,1-2H3,(H2,14,15)/q+2/t13-,16?,17?/m1/s1.